The second kappa shape index (κ2) is 8.89. The van der Waals surface area contributed by atoms with E-state index in [1.165, 1.54) is 12.1 Å². The van der Waals surface area contributed by atoms with Crippen LogP contribution in [0, 0.1) is 35.0 Å². The molecule has 0 spiro atoms. The summed E-state index contributed by atoms with van der Waals surface area (Å²) in [6.07, 6.45) is 3.04. The van der Waals surface area contributed by atoms with E-state index in [1.807, 2.05) is 0 Å². The molecule has 2 aromatic carbocycles. The Labute approximate surface area is 170 Å². The first-order valence-electron chi connectivity index (χ1n) is 9.90. The fourth-order valence-electron chi connectivity index (χ4n) is 4.17. The smallest absolute Gasteiger partial charge is 0.194 e. The highest BCUT2D eigenvalue weighted by atomic mass is 19.2. The third kappa shape index (κ3) is 4.44. The second-order valence-electron chi connectivity index (χ2n) is 7.70. The number of rotatable bonds is 5. The first-order valence-corrected chi connectivity index (χ1v) is 9.90. The molecule has 4 rings (SSSR count). The second-order valence-corrected chi connectivity index (χ2v) is 7.70. The van der Waals surface area contributed by atoms with E-state index in [1.54, 1.807) is 0 Å². The zero-order chi connectivity index (χ0) is 21.3. The van der Waals surface area contributed by atoms with Crippen LogP contribution in [0.3, 0.4) is 0 Å². The SMILES string of the molecule is Fc1cc(COc2c(F)cc(C3CCC(C4OCCO4)CC3)cc2F)cc(F)c1F. The summed E-state index contributed by atoms with van der Waals surface area (Å²) in [5, 5.41) is 0. The van der Waals surface area contributed by atoms with Crippen molar-refractivity contribution < 1.29 is 36.2 Å². The number of benzene rings is 2. The molecule has 1 saturated carbocycles. The van der Waals surface area contributed by atoms with Crippen LogP contribution in [0.5, 0.6) is 5.75 Å². The third-order valence-electron chi connectivity index (χ3n) is 5.72. The quantitative estimate of drug-likeness (QED) is 0.458. The Bertz CT molecular complexity index is 860. The Kier molecular flexibility index (Phi) is 6.24. The van der Waals surface area contributed by atoms with Crippen LogP contribution in [0.4, 0.5) is 22.0 Å². The van der Waals surface area contributed by atoms with Crippen molar-refractivity contribution in [3.05, 3.63) is 64.5 Å². The fraction of sp³-hybridized carbons (Fsp3) is 0.455. The van der Waals surface area contributed by atoms with E-state index in [0.29, 0.717) is 18.8 Å². The van der Waals surface area contributed by atoms with Gasteiger partial charge in [-0.25, -0.2) is 22.0 Å². The van der Waals surface area contributed by atoms with Gasteiger partial charge in [-0.2, -0.15) is 0 Å². The molecule has 0 unspecified atom stereocenters. The normalized spacial score (nSPS) is 22.4. The Hall–Kier alpha value is -2.19. The maximum absolute atomic E-state index is 14.5. The monoisotopic (exact) mass is 428 g/mol. The zero-order valence-electron chi connectivity index (χ0n) is 16.1. The van der Waals surface area contributed by atoms with Gasteiger partial charge in [0.1, 0.15) is 6.61 Å². The van der Waals surface area contributed by atoms with E-state index >= 15 is 0 Å². The molecule has 1 saturated heterocycles. The van der Waals surface area contributed by atoms with Crippen LogP contribution in [-0.4, -0.2) is 19.5 Å². The summed E-state index contributed by atoms with van der Waals surface area (Å²) < 4.78 is 84.7. The molecule has 2 aromatic rings. The Morgan fingerprint density at radius 2 is 1.33 bits per heavy atom. The molecular weight excluding hydrogens is 407 g/mol. The molecule has 0 radical (unpaired) electrons. The van der Waals surface area contributed by atoms with Gasteiger partial charge in [0.25, 0.3) is 0 Å². The predicted octanol–water partition coefficient (Wildman–Crippen LogP) is 5.61. The van der Waals surface area contributed by atoms with E-state index in [9.17, 15) is 22.0 Å². The molecule has 0 atom stereocenters. The summed E-state index contributed by atoms with van der Waals surface area (Å²) in [5.74, 6) is -6.51. The van der Waals surface area contributed by atoms with Gasteiger partial charge in [0.2, 0.25) is 0 Å². The van der Waals surface area contributed by atoms with Gasteiger partial charge in [-0.3, -0.25) is 0 Å². The van der Waals surface area contributed by atoms with Gasteiger partial charge in [-0.05, 0) is 67.0 Å². The van der Waals surface area contributed by atoms with Gasteiger partial charge in [-0.1, -0.05) is 0 Å². The van der Waals surface area contributed by atoms with E-state index in [0.717, 1.165) is 37.8 Å². The average Bonchev–Trinajstić information content (AvgIpc) is 3.26. The van der Waals surface area contributed by atoms with Gasteiger partial charge in [0.15, 0.2) is 41.1 Å². The molecule has 3 nitrogen and oxygen atoms in total. The van der Waals surface area contributed by atoms with Crippen molar-refractivity contribution in [2.75, 3.05) is 13.2 Å². The Morgan fingerprint density at radius 3 is 1.90 bits per heavy atom. The number of hydrogen-bond donors (Lipinski definition) is 0. The summed E-state index contributed by atoms with van der Waals surface area (Å²) in [6.45, 7) is 0.688. The first-order chi connectivity index (χ1) is 14.4. The van der Waals surface area contributed by atoms with Crippen LogP contribution in [-0.2, 0) is 16.1 Å². The van der Waals surface area contributed by atoms with Gasteiger partial charge in [0.05, 0.1) is 13.2 Å². The van der Waals surface area contributed by atoms with Crippen molar-refractivity contribution in [3.8, 4) is 5.75 Å². The minimum atomic E-state index is -1.61. The molecule has 162 valence electrons. The topological polar surface area (TPSA) is 27.7 Å². The number of halogens is 5. The van der Waals surface area contributed by atoms with Crippen molar-refractivity contribution >= 4 is 0 Å². The minimum Gasteiger partial charge on any atom is -0.483 e. The molecule has 2 aliphatic rings. The van der Waals surface area contributed by atoms with Crippen LogP contribution in [0.15, 0.2) is 24.3 Å². The molecule has 1 aliphatic heterocycles. The van der Waals surface area contributed by atoms with E-state index in [4.69, 9.17) is 14.2 Å². The lowest BCUT2D eigenvalue weighted by molar-refractivity contribution is -0.0931. The van der Waals surface area contributed by atoms with Crippen molar-refractivity contribution in [3.63, 3.8) is 0 Å². The van der Waals surface area contributed by atoms with Crippen LogP contribution in [0.2, 0.25) is 0 Å². The zero-order valence-corrected chi connectivity index (χ0v) is 16.1. The average molecular weight is 428 g/mol. The summed E-state index contributed by atoms with van der Waals surface area (Å²) in [5.41, 5.74) is 0.465. The maximum atomic E-state index is 14.5. The van der Waals surface area contributed by atoms with Crippen molar-refractivity contribution in [1.29, 1.82) is 0 Å². The molecule has 0 aromatic heterocycles. The fourth-order valence-corrected chi connectivity index (χ4v) is 4.17. The van der Waals surface area contributed by atoms with E-state index in [2.05, 4.69) is 0 Å². The van der Waals surface area contributed by atoms with Crippen molar-refractivity contribution in [1.82, 2.24) is 0 Å². The van der Waals surface area contributed by atoms with Crippen LogP contribution < -0.4 is 4.74 Å². The Morgan fingerprint density at radius 1 is 0.767 bits per heavy atom. The molecule has 30 heavy (non-hydrogen) atoms. The maximum Gasteiger partial charge on any atom is 0.194 e. The van der Waals surface area contributed by atoms with E-state index < -0.39 is 41.4 Å². The van der Waals surface area contributed by atoms with Crippen LogP contribution in [0.1, 0.15) is 42.7 Å². The van der Waals surface area contributed by atoms with Crippen molar-refractivity contribution in [2.45, 2.75) is 44.5 Å². The predicted molar refractivity (Wildman–Crippen MR) is 97.4 cm³/mol. The number of ether oxygens (including phenoxy) is 3. The van der Waals surface area contributed by atoms with Gasteiger partial charge in [0, 0.05) is 5.92 Å². The lowest BCUT2D eigenvalue weighted by Gasteiger charge is -2.31. The lowest BCUT2D eigenvalue weighted by Crippen LogP contribution is -2.26. The van der Waals surface area contributed by atoms with Crippen LogP contribution in [0.25, 0.3) is 0 Å². The number of hydrogen-bond acceptors (Lipinski definition) is 3. The van der Waals surface area contributed by atoms with Crippen LogP contribution >= 0.6 is 0 Å². The minimum absolute atomic E-state index is 0.0148. The molecule has 0 bridgehead atoms. The molecule has 1 aliphatic carbocycles. The highest BCUT2D eigenvalue weighted by molar-refractivity contribution is 5.34. The summed E-state index contributed by atoms with van der Waals surface area (Å²) in [6, 6.07) is 3.91. The molecule has 1 heterocycles. The Balaban J connectivity index is 1.41. The largest absolute Gasteiger partial charge is 0.483 e. The van der Waals surface area contributed by atoms with Gasteiger partial charge >= 0.3 is 0 Å². The summed E-state index contributed by atoms with van der Waals surface area (Å²) in [4.78, 5) is 0. The highest BCUT2D eigenvalue weighted by Gasteiger charge is 2.32. The molecule has 0 N–H and O–H groups in total. The van der Waals surface area contributed by atoms with Gasteiger partial charge < -0.3 is 14.2 Å². The molecule has 0 amide bonds. The molecule has 8 heteroatoms. The summed E-state index contributed by atoms with van der Waals surface area (Å²) >= 11 is 0. The van der Waals surface area contributed by atoms with Crippen molar-refractivity contribution in [2.24, 2.45) is 5.92 Å². The third-order valence-corrected chi connectivity index (χ3v) is 5.72. The first kappa shape index (κ1) is 21.1. The molecular formula is C22H21F5O3. The highest BCUT2D eigenvalue weighted by Crippen LogP contribution is 2.40. The lowest BCUT2D eigenvalue weighted by atomic mass is 9.78. The molecule has 2 fully saturated rings. The standard InChI is InChI=1S/C22H21F5O3/c23-16-7-12(8-17(24)20(16)27)11-30-21-18(25)9-15(10-19(21)26)13-1-3-14(4-2-13)22-28-5-6-29-22/h7-10,13-14,22H,1-6,11H2. The van der Waals surface area contributed by atoms with E-state index in [-0.39, 0.29) is 23.7 Å². The van der Waals surface area contributed by atoms with Gasteiger partial charge in [-0.15, -0.1) is 0 Å². The summed E-state index contributed by atoms with van der Waals surface area (Å²) in [7, 11) is 0.